The molecule has 5 nitrogen and oxygen atoms in total. The number of aliphatic carboxylic acids is 1. The second kappa shape index (κ2) is 6.54. The molecule has 21 heavy (non-hydrogen) atoms. The Hall–Kier alpha value is -1.46. The van der Waals surface area contributed by atoms with E-state index in [-0.39, 0.29) is 18.1 Å². The highest BCUT2D eigenvalue weighted by Crippen LogP contribution is 2.39. The van der Waals surface area contributed by atoms with Crippen molar-refractivity contribution in [2.24, 2.45) is 5.92 Å². The minimum absolute atomic E-state index is 0.0156. The van der Waals surface area contributed by atoms with Gasteiger partial charge in [0.1, 0.15) is 0 Å². The first-order valence-electron chi connectivity index (χ1n) is 6.92. The smallest absolute Gasteiger partial charge is 0.307 e. The monoisotopic (exact) mass is 313 g/mol. The average Bonchev–Trinajstić information content (AvgIpc) is 2.88. The van der Waals surface area contributed by atoms with Crippen LogP contribution in [0, 0.1) is 5.92 Å². The molecule has 0 aromatic heterocycles. The molecule has 1 aliphatic heterocycles. The number of rotatable bonds is 5. The van der Waals surface area contributed by atoms with Crippen molar-refractivity contribution in [1.29, 1.82) is 0 Å². The molecular formula is C15H20ClNO4. The molecule has 2 rings (SSSR count). The third-order valence-corrected chi connectivity index (χ3v) is 3.83. The predicted octanol–water partition coefficient (Wildman–Crippen LogP) is 2.87. The lowest BCUT2D eigenvalue weighted by molar-refractivity contribution is -0.141. The highest BCUT2D eigenvalue weighted by molar-refractivity contribution is 6.31. The highest BCUT2D eigenvalue weighted by Gasteiger charge is 2.31. The summed E-state index contributed by atoms with van der Waals surface area (Å²) < 4.78 is 11.0. The zero-order valence-corrected chi connectivity index (χ0v) is 13.1. The van der Waals surface area contributed by atoms with Gasteiger partial charge in [-0.05, 0) is 31.9 Å². The zero-order chi connectivity index (χ0) is 15.6. The number of carbonyl (C=O) groups is 1. The number of ether oxygens (including phenoxy) is 2. The average molecular weight is 314 g/mol. The first-order chi connectivity index (χ1) is 9.92. The van der Waals surface area contributed by atoms with Crippen molar-refractivity contribution in [2.45, 2.75) is 32.4 Å². The molecule has 0 radical (unpaired) electrons. The van der Waals surface area contributed by atoms with Crippen LogP contribution in [0.25, 0.3) is 0 Å². The van der Waals surface area contributed by atoms with Crippen molar-refractivity contribution in [3.63, 3.8) is 0 Å². The summed E-state index contributed by atoms with van der Waals surface area (Å²) in [4.78, 5) is 11.0. The van der Waals surface area contributed by atoms with Gasteiger partial charge in [0.15, 0.2) is 11.5 Å². The lowest BCUT2D eigenvalue weighted by Gasteiger charge is -2.18. The number of hydrogen-bond acceptors (Lipinski definition) is 4. The van der Waals surface area contributed by atoms with Crippen LogP contribution in [0.3, 0.4) is 0 Å². The summed E-state index contributed by atoms with van der Waals surface area (Å²) in [6.45, 7) is 4.30. The van der Waals surface area contributed by atoms with Crippen LogP contribution in [0.5, 0.6) is 11.5 Å². The summed E-state index contributed by atoms with van der Waals surface area (Å²) >= 11 is 6.33. The van der Waals surface area contributed by atoms with Crippen molar-refractivity contribution >= 4 is 17.6 Å². The van der Waals surface area contributed by atoms with Crippen LogP contribution in [0.2, 0.25) is 5.02 Å². The third kappa shape index (κ3) is 3.60. The number of halogens is 1. The van der Waals surface area contributed by atoms with Gasteiger partial charge >= 0.3 is 5.97 Å². The van der Waals surface area contributed by atoms with E-state index >= 15 is 0 Å². The van der Waals surface area contributed by atoms with E-state index in [0.717, 1.165) is 5.56 Å². The van der Waals surface area contributed by atoms with Gasteiger partial charge in [-0.1, -0.05) is 11.6 Å². The maximum absolute atomic E-state index is 11.0. The number of nitrogens with one attached hydrogen (secondary N) is 1. The lowest BCUT2D eigenvalue weighted by atomic mass is 9.99. The van der Waals surface area contributed by atoms with Crippen LogP contribution >= 0.6 is 11.6 Å². The van der Waals surface area contributed by atoms with Gasteiger partial charge in [-0.15, -0.1) is 0 Å². The van der Waals surface area contributed by atoms with Gasteiger partial charge in [0.05, 0.1) is 19.1 Å². The molecule has 2 unspecified atom stereocenters. The van der Waals surface area contributed by atoms with Crippen molar-refractivity contribution in [3.8, 4) is 11.5 Å². The normalized spacial score (nSPS) is 21.6. The number of carboxylic acid groups (broad SMARTS) is 1. The van der Waals surface area contributed by atoms with Gasteiger partial charge in [-0.2, -0.15) is 0 Å². The molecule has 1 saturated heterocycles. The second-order valence-corrected chi connectivity index (χ2v) is 5.83. The quantitative estimate of drug-likeness (QED) is 0.875. The Morgan fingerprint density at radius 1 is 1.43 bits per heavy atom. The molecule has 116 valence electrons. The fourth-order valence-corrected chi connectivity index (χ4v) is 2.77. The molecular weight excluding hydrogens is 294 g/mol. The van der Waals surface area contributed by atoms with E-state index in [1.165, 1.54) is 0 Å². The SMILES string of the molecule is COc1cc(C2CC(C(=O)O)CN2)c(Cl)cc1OC(C)C. The van der Waals surface area contributed by atoms with E-state index in [2.05, 4.69) is 5.32 Å². The summed E-state index contributed by atoms with van der Waals surface area (Å²) in [5.41, 5.74) is 0.841. The van der Waals surface area contributed by atoms with Crippen molar-refractivity contribution in [2.75, 3.05) is 13.7 Å². The van der Waals surface area contributed by atoms with Crippen LogP contribution in [0.1, 0.15) is 31.9 Å². The minimum atomic E-state index is -0.784. The molecule has 0 spiro atoms. The molecule has 0 amide bonds. The maximum atomic E-state index is 11.0. The molecule has 0 aliphatic carbocycles. The Morgan fingerprint density at radius 3 is 2.67 bits per heavy atom. The molecule has 2 N–H and O–H groups in total. The van der Waals surface area contributed by atoms with Crippen molar-refractivity contribution in [1.82, 2.24) is 5.32 Å². The van der Waals surface area contributed by atoms with Gasteiger partial charge in [-0.3, -0.25) is 4.79 Å². The van der Waals surface area contributed by atoms with Crippen molar-refractivity contribution < 1.29 is 19.4 Å². The molecule has 1 aliphatic rings. The first-order valence-corrected chi connectivity index (χ1v) is 7.30. The Labute approximate surface area is 129 Å². The fraction of sp³-hybridized carbons (Fsp3) is 0.533. The Kier molecular flexibility index (Phi) is 4.96. The van der Waals surface area contributed by atoms with Gasteiger partial charge in [0.25, 0.3) is 0 Å². The highest BCUT2D eigenvalue weighted by atomic mass is 35.5. The summed E-state index contributed by atoms with van der Waals surface area (Å²) in [5, 5.41) is 12.8. The van der Waals surface area contributed by atoms with E-state index in [1.807, 2.05) is 19.9 Å². The summed E-state index contributed by atoms with van der Waals surface area (Å²) in [5.74, 6) is 0.0224. The molecule has 0 bridgehead atoms. The van der Waals surface area contributed by atoms with Crippen LogP contribution < -0.4 is 14.8 Å². The molecule has 1 aromatic carbocycles. The molecule has 2 atom stereocenters. The zero-order valence-electron chi connectivity index (χ0n) is 12.4. The Morgan fingerprint density at radius 2 is 2.14 bits per heavy atom. The standard InChI is InChI=1S/C15H20ClNO4/c1-8(2)21-14-6-11(16)10(5-13(14)20-3)12-4-9(7-17-12)15(18)19/h5-6,8-9,12,17H,4,7H2,1-3H3,(H,18,19). The number of carboxylic acids is 1. The molecule has 1 fully saturated rings. The van der Waals surface area contributed by atoms with Crippen LogP contribution in [-0.4, -0.2) is 30.8 Å². The van der Waals surface area contributed by atoms with E-state index < -0.39 is 5.97 Å². The van der Waals surface area contributed by atoms with E-state index in [1.54, 1.807) is 13.2 Å². The minimum Gasteiger partial charge on any atom is -0.493 e. The van der Waals surface area contributed by atoms with Crippen LogP contribution in [-0.2, 0) is 4.79 Å². The molecule has 1 aromatic rings. The van der Waals surface area contributed by atoms with Gasteiger partial charge in [0, 0.05) is 23.7 Å². The van der Waals surface area contributed by atoms with Gasteiger partial charge < -0.3 is 19.9 Å². The summed E-state index contributed by atoms with van der Waals surface area (Å²) in [6, 6.07) is 3.47. The van der Waals surface area contributed by atoms with Gasteiger partial charge in [-0.25, -0.2) is 0 Å². The predicted molar refractivity (Wildman–Crippen MR) is 80.3 cm³/mol. The maximum Gasteiger partial charge on any atom is 0.307 e. The largest absolute Gasteiger partial charge is 0.493 e. The van der Waals surface area contributed by atoms with E-state index in [0.29, 0.717) is 29.5 Å². The van der Waals surface area contributed by atoms with E-state index in [4.69, 9.17) is 26.2 Å². The van der Waals surface area contributed by atoms with Crippen molar-refractivity contribution in [3.05, 3.63) is 22.7 Å². The van der Waals surface area contributed by atoms with E-state index in [9.17, 15) is 4.79 Å². The number of methoxy groups -OCH3 is 1. The topological polar surface area (TPSA) is 67.8 Å². The number of hydrogen-bond donors (Lipinski definition) is 2. The lowest BCUT2D eigenvalue weighted by Crippen LogP contribution is -2.17. The Bertz CT molecular complexity index is 533. The summed E-state index contributed by atoms with van der Waals surface area (Å²) in [7, 11) is 1.57. The first kappa shape index (κ1) is 15.9. The summed E-state index contributed by atoms with van der Waals surface area (Å²) in [6.07, 6.45) is 0.532. The fourth-order valence-electron chi connectivity index (χ4n) is 2.48. The second-order valence-electron chi connectivity index (χ2n) is 5.42. The van der Waals surface area contributed by atoms with Gasteiger partial charge in [0.2, 0.25) is 0 Å². The Balaban J connectivity index is 2.27. The van der Waals surface area contributed by atoms with Crippen LogP contribution in [0.4, 0.5) is 0 Å². The molecule has 0 saturated carbocycles. The number of benzene rings is 1. The molecule has 6 heteroatoms. The third-order valence-electron chi connectivity index (χ3n) is 3.50. The van der Waals surface area contributed by atoms with Crippen LogP contribution in [0.15, 0.2) is 12.1 Å². The molecule has 1 heterocycles.